The van der Waals surface area contributed by atoms with E-state index in [0.29, 0.717) is 5.69 Å². The summed E-state index contributed by atoms with van der Waals surface area (Å²) < 4.78 is 26.6. The lowest BCUT2D eigenvalue weighted by molar-refractivity contribution is 0.168. The van der Waals surface area contributed by atoms with Crippen molar-refractivity contribution in [3.8, 4) is 0 Å². The predicted molar refractivity (Wildman–Crippen MR) is 63.5 cm³/mol. The molecule has 0 saturated heterocycles. The van der Waals surface area contributed by atoms with Gasteiger partial charge in [0.15, 0.2) is 0 Å². The molecule has 0 aliphatic carbocycles. The molecule has 1 aromatic carbocycles. The molecule has 0 spiro atoms. The maximum atomic E-state index is 11.1. The van der Waals surface area contributed by atoms with Gasteiger partial charge in [-0.25, -0.2) is 18.4 Å². The van der Waals surface area contributed by atoms with Crippen LogP contribution in [0.4, 0.5) is 10.5 Å². The summed E-state index contributed by atoms with van der Waals surface area (Å²) in [6.45, 7) is 0.0999. The molecule has 1 amide bonds. The largest absolute Gasteiger partial charge is 0.448 e. The molecule has 94 valence electrons. The van der Waals surface area contributed by atoms with Crippen LogP contribution in [0.2, 0.25) is 0 Å². The number of hydrogen-bond donors (Lipinski definition) is 2. The first kappa shape index (κ1) is 13.8. The van der Waals surface area contributed by atoms with Gasteiger partial charge in [0.2, 0.25) is 10.0 Å². The Morgan fingerprint density at radius 1 is 1.35 bits per heavy atom. The van der Waals surface area contributed by atoms with Crippen molar-refractivity contribution in [2.75, 3.05) is 17.8 Å². The van der Waals surface area contributed by atoms with Crippen LogP contribution >= 0.6 is 11.6 Å². The molecular weight excluding hydrogens is 268 g/mol. The Bertz CT molecular complexity index is 486. The smallest absolute Gasteiger partial charge is 0.411 e. The maximum Gasteiger partial charge on any atom is 0.411 e. The number of sulfonamides is 1. The van der Waals surface area contributed by atoms with E-state index in [1.54, 1.807) is 0 Å². The van der Waals surface area contributed by atoms with Crippen LogP contribution in [0, 0.1) is 0 Å². The van der Waals surface area contributed by atoms with Crippen molar-refractivity contribution in [3.63, 3.8) is 0 Å². The lowest BCUT2D eigenvalue weighted by Crippen LogP contribution is -2.15. The summed E-state index contributed by atoms with van der Waals surface area (Å²) in [5.74, 6) is 0.206. The molecule has 0 fully saturated rings. The summed E-state index contributed by atoms with van der Waals surface area (Å²) >= 11 is 5.33. The third kappa shape index (κ3) is 4.59. The van der Waals surface area contributed by atoms with Crippen LogP contribution in [0.5, 0.6) is 0 Å². The lowest BCUT2D eigenvalue weighted by atomic mass is 10.3. The van der Waals surface area contributed by atoms with Crippen molar-refractivity contribution >= 4 is 33.4 Å². The minimum absolute atomic E-state index is 0.0304. The second-order valence-electron chi connectivity index (χ2n) is 3.02. The first-order valence-electron chi connectivity index (χ1n) is 4.56. The van der Waals surface area contributed by atoms with E-state index in [-0.39, 0.29) is 17.4 Å². The average molecular weight is 279 g/mol. The van der Waals surface area contributed by atoms with Crippen LogP contribution < -0.4 is 10.5 Å². The number of halogens is 1. The normalized spacial score (nSPS) is 10.9. The Labute approximate surface area is 104 Å². The molecule has 0 atom stereocenters. The molecule has 6 nitrogen and oxygen atoms in total. The van der Waals surface area contributed by atoms with Crippen molar-refractivity contribution < 1.29 is 17.9 Å². The van der Waals surface area contributed by atoms with Crippen LogP contribution in [-0.4, -0.2) is 27.0 Å². The van der Waals surface area contributed by atoms with E-state index >= 15 is 0 Å². The molecule has 3 N–H and O–H groups in total. The molecule has 0 saturated carbocycles. The van der Waals surface area contributed by atoms with E-state index in [1.165, 1.54) is 24.3 Å². The number of ether oxygens (including phenoxy) is 1. The number of rotatable bonds is 4. The third-order valence-corrected chi connectivity index (χ3v) is 2.82. The van der Waals surface area contributed by atoms with Gasteiger partial charge in [-0.05, 0) is 24.3 Å². The summed E-state index contributed by atoms with van der Waals surface area (Å²) in [7, 11) is -3.72. The SMILES string of the molecule is NS(=O)(=O)c1ccc(NC(=O)OCCCl)cc1. The third-order valence-electron chi connectivity index (χ3n) is 1.74. The minimum atomic E-state index is -3.72. The number of hydrogen-bond acceptors (Lipinski definition) is 4. The first-order valence-corrected chi connectivity index (χ1v) is 6.64. The van der Waals surface area contributed by atoms with E-state index in [9.17, 15) is 13.2 Å². The fourth-order valence-electron chi connectivity index (χ4n) is 1.01. The molecule has 1 aromatic rings. The molecule has 0 aliphatic rings. The Kier molecular flexibility index (Phi) is 4.73. The Morgan fingerprint density at radius 3 is 2.41 bits per heavy atom. The molecule has 0 unspecified atom stereocenters. The van der Waals surface area contributed by atoms with E-state index in [2.05, 4.69) is 10.1 Å². The van der Waals surface area contributed by atoms with Crippen LogP contribution in [0.3, 0.4) is 0 Å². The average Bonchev–Trinajstić information content (AvgIpc) is 2.26. The van der Waals surface area contributed by atoms with Crippen molar-refractivity contribution in [1.82, 2.24) is 0 Å². The van der Waals surface area contributed by atoms with Gasteiger partial charge < -0.3 is 4.74 Å². The van der Waals surface area contributed by atoms with Crippen LogP contribution in [0.15, 0.2) is 29.2 Å². The summed E-state index contributed by atoms with van der Waals surface area (Å²) in [6.07, 6.45) is -0.658. The van der Waals surface area contributed by atoms with E-state index in [0.717, 1.165) is 0 Å². The monoisotopic (exact) mass is 278 g/mol. The topological polar surface area (TPSA) is 98.5 Å². The molecule has 0 radical (unpaired) electrons. The maximum absolute atomic E-state index is 11.1. The molecular formula is C9H11ClN2O4S. The lowest BCUT2D eigenvalue weighted by Gasteiger charge is -2.06. The second kappa shape index (κ2) is 5.85. The fourth-order valence-corrected chi connectivity index (χ4v) is 1.61. The highest BCUT2D eigenvalue weighted by Gasteiger charge is 2.08. The minimum Gasteiger partial charge on any atom is -0.448 e. The summed E-state index contributed by atoms with van der Waals surface area (Å²) in [5, 5.41) is 7.32. The van der Waals surface area contributed by atoms with Gasteiger partial charge in [0.1, 0.15) is 6.61 Å². The number of benzene rings is 1. The van der Waals surface area contributed by atoms with Crippen LogP contribution in [-0.2, 0) is 14.8 Å². The van der Waals surface area contributed by atoms with Gasteiger partial charge in [0.25, 0.3) is 0 Å². The Morgan fingerprint density at radius 2 is 1.94 bits per heavy atom. The number of carbonyl (C=O) groups is 1. The first-order chi connectivity index (χ1) is 7.93. The second-order valence-corrected chi connectivity index (χ2v) is 4.96. The van der Waals surface area contributed by atoms with Crippen molar-refractivity contribution in [3.05, 3.63) is 24.3 Å². The quantitative estimate of drug-likeness (QED) is 0.806. The number of nitrogens with two attached hydrogens (primary N) is 1. The fraction of sp³-hybridized carbons (Fsp3) is 0.222. The summed E-state index contributed by atoms with van der Waals surface area (Å²) in [6, 6.07) is 5.38. The zero-order valence-corrected chi connectivity index (χ0v) is 10.3. The zero-order chi connectivity index (χ0) is 12.9. The van der Waals surface area contributed by atoms with Crippen LogP contribution in [0.1, 0.15) is 0 Å². The summed E-state index contributed by atoms with van der Waals surface area (Å²) in [4.78, 5) is 11.1. The molecule has 1 rings (SSSR count). The molecule has 0 bridgehead atoms. The molecule has 0 aliphatic heterocycles. The number of amides is 1. The predicted octanol–water partition coefficient (Wildman–Crippen LogP) is 1.12. The Hall–Kier alpha value is -1.31. The van der Waals surface area contributed by atoms with Gasteiger partial charge in [-0.1, -0.05) is 0 Å². The van der Waals surface area contributed by atoms with E-state index < -0.39 is 16.1 Å². The highest BCUT2D eigenvalue weighted by Crippen LogP contribution is 2.12. The molecule has 17 heavy (non-hydrogen) atoms. The number of nitrogens with one attached hydrogen (secondary N) is 1. The number of alkyl halides is 1. The van der Waals surface area contributed by atoms with Crippen molar-refractivity contribution in [1.29, 1.82) is 0 Å². The van der Waals surface area contributed by atoms with Crippen molar-refractivity contribution in [2.45, 2.75) is 4.90 Å². The van der Waals surface area contributed by atoms with Gasteiger partial charge in [0, 0.05) is 5.69 Å². The van der Waals surface area contributed by atoms with E-state index in [4.69, 9.17) is 16.7 Å². The van der Waals surface area contributed by atoms with Gasteiger partial charge in [0.05, 0.1) is 10.8 Å². The zero-order valence-electron chi connectivity index (χ0n) is 8.72. The van der Waals surface area contributed by atoms with Gasteiger partial charge in [-0.2, -0.15) is 0 Å². The molecule has 0 aromatic heterocycles. The number of anilines is 1. The van der Waals surface area contributed by atoms with Gasteiger partial charge >= 0.3 is 6.09 Å². The molecule has 8 heteroatoms. The van der Waals surface area contributed by atoms with Gasteiger partial charge in [-0.15, -0.1) is 11.6 Å². The van der Waals surface area contributed by atoms with Gasteiger partial charge in [-0.3, -0.25) is 5.32 Å². The number of carbonyl (C=O) groups excluding carboxylic acids is 1. The summed E-state index contributed by atoms with van der Waals surface area (Å²) in [5.41, 5.74) is 0.400. The van der Waals surface area contributed by atoms with E-state index in [1.807, 2.05) is 0 Å². The Balaban J connectivity index is 2.66. The highest BCUT2D eigenvalue weighted by atomic mass is 35.5. The van der Waals surface area contributed by atoms with Crippen molar-refractivity contribution in [2.24, 2.45) is 5.14 Å². The number of primary sulfonamides is 1. The molecule has 0 heterocycles. The van der Waals surface area contributed by atoms with Crippen LogP contribution in [0.25, 0.3) is 0 Å². The standard InChI is InChI=1S/C9H11ClN2O4S/c10-5-6-16-9(13)12-7-1-3-8(4-2-7)17(11,14)15/h1-4H,5-6H2,(H,12,13)(H2,11,14,15). The highest BCUT2D eigenvalue weighted by molar-refractivity contribution is 7.89.